The van der Waals surface area contributed by atoms with Gasteiger partial charge in [-0.05, 0) is 25.5 Å². The molecule has 2 aromatic carbocycles. The Hall–Kier alpha value is -3.35. The Morgan fingerprint density at radius 2 is 2.14 bits per heavy atom. The molecule has 1 amide bonds. The molecule has 1 aliphatic rings. The highest BCUT2D eigenvalue weighted by atomic mass is 16.5. The van der Waals surface area contributed by atoms with Crippen molar-refractivity contribution in [3.63, 3.8) is 0 Å². The lowest BCUT2D eigenvalue weighted by Gasteiger charge is -2.13. The number of ether oxygens (including phenoxy) is 2. The van der Waals surface area contributed by atoms with Crippen molar-refractivity contribution in [2.75, 3.05) is 11.9 Å². The summed E-state index contributed by atoms with van der Waals surface area (Å²) in [6.45, 7) is 4.98. The maximum absolute atomic E-state index is 12.7. The van der Waals surface area contributed by atoms with Crippen LogP contribution in [0.3, 0.4) is 0 Å². The molecule has 0 spiro atoms. The molecule has 2 heterocycles. The number of carbonyl (C=O) groups excluding carboxylic acids is 1. The highest BCUT2D eigenvalue weighted by Gasteiger charge is 2.23. The van der Waals surface area contributed by atoms with Crippen LogP contribution in [-0.2, 0) is 13.0 Å². The number of anilines is 1. The highest BCUT2D eigenvalue weighted by Crippen LogP contribution is 2.38. The summed E-state index contributed by atoms with van der Waals surface area (Å²) in [4.78, 5) is 12.7. The van der Waals surface area contributed by atoms with Crippen molar-refractivity contribution in [3.05, 3.63) is 65.5 Å². The van der Waals surface area contributed by atoms with Crippen molar-refractivity contribution < 1.29 is 14.3 Å². The zero-order valence-corrected chi connectivity index (χ0v) is 15.9. The number of rotatable bonds is 6. The number of fused-ring (bicyclic) bond motifs is 1. The fourth-order valence-electron chi connectivity index (χ4n) is 3.25. The molecule has 4 rings (SSSR count). The van der Waals surface area contributed by atoms with Crippen molar-refractivity contribution in [3.8, 4) is 11.5 Å². The molecule has 0 fully saturated rings. The molecular formula is C21H22N4O3. The molecule has 7 nitrogen and oxygen atoms in total. The monoisotopic (exact) mass is 378 g/mol. The fourth-order valence-corrected chi connectivity index (χ4v) is 3.25. The SMILES string of the molecule is CCOc1cc2c(cc1NC(=O)c1cn(Cc3ccccc3)nn1)OC(C)C2. The van der Waals surface area contributed by atoms with E-state index in [4.69, 9.17) is 9.47 Å². The number of hydrogen-bond acceptors (Lipinski definition) is 5. The number of benzene rings is 2. The van der Waals surface area contributed by atoms with E-state index in [1.165, 1.54) is 0 Å². The Morgan fingerprint density at radius 1 is 1.32 bits per heavy atom. The first-order valence-electron chi connectivity index (χ1n) is 9.34. The predicted molar refractivity (Wildman–Crippen MR) is 105 cm³/mol. The van der Waals surface area contributed by atoms with Crippen molar-refractivity contribution in [1.29, 1.82) is 0 Å². The van der Waals surface area contributed by atoms with Crippen LogP contribution in [0, 0.1) is 0 Å². The van der Waals surface area contributed by atoms with E-state index < -0.39 is 0 Å². The molecule has 1 aliphatic heterocycles. The number of aromatic nitrogens is 3. The molecule has 28 heavy (non-hydrogen) atoms. The predicted octanol–water partition coefficient (Wildman–Crippen LogP) is 3.30. The van der Waals surface area contributed by atoms with Crippen LogP contribution in [0.1, 0.15) is 35.5 Å². The number of nitrogens with zero attached hydrogens (tertiary/aromatic N) is 3. The Kier molecular flexibility index (Phi) is 4.97. The lowest BCUT2D eigenvalue weighted by Crippen LogP contribution is -2.13. The molecule has 0 saturated carbocycles. The van der Waals surface area contributed by atoms with E-state index in [0.29, 0.717) is 24.6 Å². The third-order valence-electron chi connectivity index (χ3n) is 4.50. The summed E-state index contributed by atoms with van der Waals surface area (Å²) in [5, 5.41) is 10.9. The molecule has 1 unspecified atom stereocenters. The van der Waals surface area contributed by atoms with Gasteiger partial charge in [-0.15, -0.1) is 5.10 Å². The number of carbonyl (C=O) groups is 1. The van der Waals surface area contributed by atoms with Crippen LogP contribution in [0.2, 0.25) is 0 Å². The number of amides is 1. The lowest BCUT2D eigenvalue weighted by atomic mass is 10.1. The van der Waals surface area contributed by atoms with E-state index in [1.54, 1.807) is 10.9 Å². The third-order valence-corrected chi connectivity index (χ3v) is 4.50. The van der Waals surface area contributed by atoms with Gasteiger partial charge in [0.2, 0.25) is 0 Å². The first-order chi connectivity index (χ1) is 13.6. The van der Waals surface area contributed by atoms with Gasteiger partial charge in [0.25, 0.3) is 5.91 Å². The van der Waals surface area contributed by atoms with Crippen molar-refractivity contribution in [2.24, 2.45) is 0 Å². The Balaban J connectivity index is 1.51. The minimum Gasteiger partial charge on any atom is -0.492 e. The van der Waals surface area contributed by atoms with E-state index in [1.807, 2.05) is 56.3 Å². The average molecular weight is 378 g/mol. The zero-order valence-electron chi connectivity index (χ0n) is 15.9. The van der Waals surface area contributed by atoms with Gasteiger partial charge in [0.1, 0.15) is 17.6 Å². The van der Waals surface area contributed by atoms with Crippen molar-refractivity contribution in [1.82, 2.24) is 15.0 Å². The summed E-state index contributed by atoms with van der Waals surface area (Å²) in [7, 11) is 0. The Bertz CT molecular complexity index is 985. The van der Waals surface area contributed by atoms with Crippen LogP contribution in [0.15, 0.2) is 48.7 Å². The molecule has 0 bridgehead atoms. The van der Waals surface area contributed by atoms with Crippen LogP contribution < -0.4 is 14.8 Å². The van der Waals surface area contributed by atoms with Gasteiger partial charge >= 0.3 is 0 Å². The standard InChI is InChI=1S/C21H22N4O3/c1-3-27-20-10-16-9-14(2)28-19(16)11-17(20)22-21(26)18-13-25(24-23-18)12-15-7-5-4-6-8-15/h4-8,10-11,13-14H,3,9,12H2,1-2H3,(H,22,26). The van der Waals surface area contributed by atoms with Gasteiger partial charge in [-0.2, -0.15) is 0 Å². The number of nitrogens with one attached hydrogen (secondary N) is 1. The minimum absolute atomic E-state index is 0.119. The molecule has 3 aromatic rings. The largest absolute Gasteiger partial charge is 0.492 e. The van der Waals surface area contributed by atoms with Crippen LogP contribution in [0.25, 0.3) is 0 Å². The van der Waals surface area contributed by atoms with Crippen molar-refractivity contribution >= 4 is 11.6 Å². The summed E-state index contributed by atoms with van der Waals surface area (Å²) in [5.41, 5.74) is 2.98. The summed E-state index contributed by atoms with van der Waals surface area (Å²) in [6, 6.07) is 13.6. The maximum atomic E-state index is 12.7. The zero-order chi connectivity index (χ0) is 19.5. The molecule has 1 aromatic heterocycles. The van der Waals surface area contributed by atoms with Gasteiger partial charge in [-0.3, -0.25) is 4.79 Å². The second-order valence-electron chi connectivity index (χ2n) is 6.76. The van der Waals surface area contributed by atoms with E-state index >= 15 is 0 Å². The summed E-state index contributed by atoms with van der Waals surface area (Å²) >= 11 is 0. The second-order valence-corrected chi connectivity index (χ2v) is 6.76. The molecule has 144 valence electrons. The van der Waals surface area contributed by atoms with Gasteiger partial charge in [0, 0.05) is 18.1 Å². The first-order valence-corrected chi connectivity index (χ1v) is 9.34. The summed E-state index contributed by atoms with van der Waals surface area (Å²) in [6.07, 6.45) is 2.58. The van der Waals surface area contributed by atoms with Gasteiger partial charge in [-0.1, -0.05) is 35.5 Å². The smallest absolute Gasteiger partial charge is 0.277 e. The molecule has 0 radical (unpaired) electrons. The van der Waals surface area contributed by atoms with E-state index in [2.05, 4.69) is 15.6 Å². The van der Waals surface area contributed by atoms with Crippen LogP contribution >= 0.6 is 0 Å². The Morgan fingerprint density at radius 3 is 2.93 bits per heavy atom. The van der Waals surface area contributed by atoms with E-state index in [-0.39, 0.29) is 17.7 Å². The molecular weight excluding hydrogens is 356 g/mol. The van der Waals surface area contributed by atoms with Crippen molar-refractivity contribution in [2.45, 2.75) is 32.9 Å². The molecule has 0 aliphatic carbocycles. The number of hydrogen-bond donors (Lipinski definition) is 1. The van der Waals surface area contributed by atoms with Gasteiger partial charge in [0.15, 0.2) is 5.69 Å². The quantitative estimate of drug-likeness (QED) is 0.712. The minimum atomic E-state index is -0.341. The highest BCUT2D eigenvalue weighted by molar-refractivity contribution is 6.03. The fraction of sp³-hybridized carbons (Fsp3) is 0.286. The normalized spacial score (nSPS) is 15.0. The maximum Gasteiger partial charge on any atom is 0.277 e. The van der Waals surface area contributed by atoms with E-state index in [9.17, 15) is 4.79 Å². The lowest BCUT2D eigenvalue weighted by molar-refractivity contribution is 0.102. The summed E-state index contributed by atoms with van der Waals surface area (Å²) < 4.78 is 13.1. The van der Waals surface area contributed by atoms with Crippen LogP contribution in [-0.4, -0.2) is 33.6 Å². The molecule has 1 N–H and O–H groups in total. The van der Waals surface area contributed by atoms with Crippen LogP contribution in [0.4, 0.5) is 5.69 Å². The molecule has 1 atom stereocenters. The Labute approximate surface area is 163 Å². The molecule has 7 heteroatoms. The topological polar surface area (TPSA) is 78.3 Å². The van der Waals surface area contributed by atoms with Crippen LogP contribution in [0.5, 0.6) is 11.5 Å². The molecule has 0 saturated heterocycles. The van der Waals surface area contributed by atoms with Gasteiger partial charge in [-0.25, -0.2) is 4.68 Å². The average Bonchev–Trinajstić information content (AvgIpc) is 3.28. The second kappa shape index (κ2) is 7.72. The van der Waals surface area contributed by atoms with Gasteiger partial charge in [0.05, 0.1) is 25.0 Å². The van der Waals surface area contributed by atoms with Gasteiger partial charge < -0.3 is 14.8 Å². The van der Waals surface area contributed by atoms with E-state index in [0.717, 1.165) is 23.3 Å². The summed E-state index contributed by atoms with van der Waals surface area (Å²) in [5.74, 6) is 1.06. The third kappa shape index (κ3) is 3.83. The first kappa shape index (κ1) is 18.0.